The maximum absolute atomic E-state index is 6.23. The van der Waals surface area contributed by atoms with E-state index < -0.39 is 18.3 Å². The zero-order valence-corrected chi connectivity index (χ0v) is 19.2. The predicted molar refractivity (Wildman–Crippen MR) is 130 cm³/mol. The summed E-state index contributed by atoms with van der Waals surface area (Å²) in [5.41, 5.74) is 3.43. The maximum atomic E-state index is 6.23. The van der Waals surface area contributed by atoms with Gasteiger partial charge in [0.05, 0.1) is 11.2 Å². The number of aromatic nitrogens is 4. The van der Waals surface area contributed by atoms with E-state index in [2.05, 4.69) is 4.98 Å². The molecule has 5 rings (SSSR count). The summed E-state index contributed by atoms with van der Waals surface area (Å²) in [5, 5.41) is 0. The third-order valence-electron chi connectivity index (χ3n) is 6.29. The fourth-order valence-corrected chi connectivity index (χ4v) is 3.64. The van der Waals surface area contributed by atoms with Gasteiger partial charge in [-0.15, -0.1) is 0 Å². The summed E-state index contributed by atoms with van der Waals surface area (Å²) in [6, 6.07) is 22.0. The second-order valence-electron chi connectivity index (χ2n) is 9.11. The summed E-state index contributed by atoms with van der Waals surface area (Å²) >= 11 is 0. The summed E-state index contributed by atoms with van der Waals surface area (Å²) in [7, 11) is -0.672. The summed E-state index contributed by atoms with van der Waals surface area (Å²) in [6.07, 6.45) is 3.62. The minimum absolute atomic E-state index is 0.467. The molecule has 0 bridgehead atoms. The van der Waals surface area contributed by atoms with E-state index in [-0.39, 0.29) is 0 Å². The first-order valence-electron chi connectivity index (χ1n) is 11.0. The molecule has 3 heterocycles. The van der Waals surface area contributed by atoms with Gasteiger partial charge in [-0.05, 0) is 44.9 Å². The monoisotopic (exact) mass is 436 g/mol. The van der Waals surface area contributed by atoms with Crippen molar-refractivity contribution in [3.8, 4) is 33.9 Å². The van der Waals surface area contributed by atoms with Crippen LogP contribution < -0.4 is 5.72 Å². The van der Waals surface area contributed by atoms with Gasteiger partial charge in [0.15, 0.2) is 17.4 Å². The Bertz CT molecular complexity index is 1250. The Balaban J connectivity index is 1.57. The molecule has 0 radical (unpaired) electrons. The van der Waals surface area contributed by atoms with Crippen molar-refractivity contribution in [3.05, 3.63) is 79.1 Å². The van der Waals surface area contributed by atoms with E-state index in [0.717, 1.165) is 22.3 Å². The standard InChI is InChI=1S/C26H25BN4O2/c1-25(2)26(3,4)33-27(32-25)24-30-22(19-9-6-5-7-10-19)29-23(31-24)20-14-12-18(13-15-20)21-11-8-16-28-17-21/h5-17H,1-4H3. The lowest BCUT2D eigenvalue weighted by Crippen LogP contribution is -2.41. The molecule has 1 saturated heterocycles. The first-order chi connectivity index (χ1) is 15.8. The molecule has 0 N–H and O–H groups in total. The van der Waals surface area contributed by atoms with Gasteiger partial charge in [-0.25, -0.2) is 15.0 Å². The van der Waals surface area contributed by atoms with Crippen LogP contribution in [0.3, 0.4) is 0 Å². The molecular formula is C26H25BN4O2. The molecule has 0 aliphatic carbocycles. The lowest BCUT2D eigenvalue weighted by Gasteiger charge is -2.32. The predicted octanol–water partition coefficient (Wildman–Crippen LogP) is 4.57. The summed E-state index contributed by atoms with van der Waals surface area (Å²) in [6.45, 7) is 8.07. The van der Waals surface area contributed by atoms with Crippen LogP contribution >= 0.6 is 0 Å². The molecule has 1 fully saturated rings. The van der Waals surface area contributed by atoms with Gasteiger partial charge in [0.25, 0.3) is 0 Å². The van der Waals surface area contributed by atoms with Crippen molar-refractivity contribution >= 4 is 12.8 Å². The minimum atomic E-state index is -0.672. The van der Waals surface area contributed by atoms with Gasteiger partial charge >= 0.3 is 7.12 Å². The van der Waals surface area contributed by atoms with Crippen molar-refractivity contribution in [1.29, 1.82) is 0 Å². The highest BCUT2D eigenvalue weighted by molar-refractivity contribution is 6.60. The molecule has 2 aromatic carbocycles. The van der Waals surface area contributed by atoms with Crippen LogP contribution in [0.15, 0.2) is 79.1 Å². The van der Waals surface area contributed by atoms with Gasteiger partial charge in [-0.3, -0.25) is 4.98 Å². The van der Waals surface area contributed by atoms with Gasteiger partial charge in [0.2, 0.25) is 0 Å². The fraction of sp³-hybridized carbons (Fsp3) is 0.231. The number of pyridine rings is 1. The largest absolute Gasteiger partial charge is 0.534 e. The van der Waals surface area contributed by atoms with Gasteiger partial charge in [-0.1, -0.05) is 60.7 Å². The fourth-order valence-electron chi connectivity index (χ4n) is 3.64. The van der Waals surface area contributed by atoms with Crippen molar-refractivity contribution in [2.45, 2.75) is 38.9 Å². The zero-order chi connectivity index (χ0) is 23.1. The topological polar surface area (TPSA) is 70.0 Å². The molecule has 2 aromatic heterocycles. The van der Waals surface area contributed by atoms with Crippen LogP contribution in [0.25, 0.3) is 33.9 Å². The van der Waals surface area contributed by atoms with Crippen LogP contribution in [0.1, 0.15) is 27.7 Å². The number of nitrogens with zero attached hydrogens (tertiary/aromatic N) is 4. The second-order valence-corrected chi connectivity index (χ2v) is 9.11. The van der Waals surface area contributed by atoms with Crippen LogP contribution in [0.5, 0.6) is 0 Å². The van der Waals surface area contributed by atoms with E-state index in [0.29, 0.717) is 17.4 Å². The lowest BCUT2D eigenvalue weighted by atomic mass is 9.89. The molecule has 164 valence electrons. The van der Waals surface area contributed by atoms with E-state index in [1.807, 2.05) is 101 Å². The molecular weight excluding hydrogens is 411 g/mol. The lowest BCUT2D eigenvalue weighted by molar-refractivity contribution is 0.00578. The molecule has 6 nitrogen and oxygen atoms in total. The Hall–Kier alpha value is -3.42. The third kappa shape index (κ3) is 4.17. The smallest absolute Gasteiger partial charge is 0.397 e. The summed E-state index contributed by atoms with van der Waals surface area (Å²) < 4.78 is 12.5. The number of hydrogen-bond donors (Lipinski definition) is 0. The Kier molecular flexibility index (Phi) is 5.31. The van der Waals surface area contributed by atoms with Crippen LogP contribution in [-0.4, -0.2) is 38.3 Å². The molecule has 1 aliphatic heterocycles. The summed E-state index contributed by atoms with van der Waals surface area (Å²) in [5.74, 6) is 1.16. The van der Waals surface area contributed by atoms with Crippen LogP contribution in [0.2, 0.25) is 0 Å². The molecule has 0 spiro atoms. The van der Waals surface area contributed by atoms with E-state index >= 15 is 0 Å². The van der Waals surface area contributed by atoms with Crippen molar-refractivity contribution in [3.63, 3.8) is 0 Å². The molecule has 0 saturated carbocycles. The Morgan fingerprint density at radius 3 is 1.73 bits per heavy atom. The number of benzene rings is 2. The van der Waals surface area contributed by atoms with E-state index in [1.165, 1.54) is 0 Å². The maximum Gasteiger partial charge on any atom is 0.534 e. The molecule has 0 amide bonds. The van der Waals surface area contributed by atoms with E-state index in [4.69, 9.17) is 24.3 Å². The molecule has 0 unspecified atom stereocenters. The third-order valence-corrected chi connectivity index (χ3v) is 6.29. The van der Waals surface area contributed by atoms with Crippen LogP contribution in [0, 0.1) is 0 Å². The van der Waals surface area contributed by atoms with Crippen LogP contribution in [0.4, 0.5) is 0 Å². The minimum Gasteiger partial charge on any atom is -0.397 e. The van der Waals surface area contributed by atoms with Gasteiger partial charge < -0.3 is 9.31 Å². The van der Waals surface area contributed by atoms with Crippen molar-refractivity contribution < 1.29 is 9.31 Å². The molecule has 0 atom stereocenters. The first-order valence-corrected chi connectivity index (χ1v) is 11.0. The quantitative estimate of drug-likeness (QED) is 0.437. The SMILES string of the molecule is CC1(C)OB(c2nc(-c3ccccc3)nc(-c3ccc(-c4cccnc4)cc3)n2)OC1(C)C. The Labute approximate surface area is 194 Å². The highest BCUT2D eigenvalue weighted by Gasteiger charge is 2.53. The number of hydrogen-bond acceptors (Lipinski definition) is 6. The summed E-state index contributed by atoms with van der Waals surface area (Å²) in [4.78, 5) is 18.5. The van der Waals surface area contributed by atoms with E-state index in [1.54, 1.807) is 6.20 Å². The van der Waals surface area contributed by atoms with Crippen LogP contribution in [-0.2, 0) is 9.31 Å². The first kappa shape index (κ1) is 21.4. The average molecular weight is 436 g/mol. The normalized spacial score (nSPS) is 16.7. The molecule has 1 aliphatic rings. The van der Waals surface area contributed by atoms with Gasteiger partial charge in [0, 0.05) is 23.5 Å². The highest BCUT2D eigenvalue weighted by atomic mass is 16.7. The van der Waals surface area contributed by atoms with E-state index in [9.17, 15) is 0 Å². The zero-order valence-electron chi connectivity index (χ0n) is 19.2. The molecule has 4 aromatic rings. The van der Waals surface area contributed by atoms with Gasteiger partial charge in [0.1, 0.15) is 0 Å². The van der Waals surface area contributed by atoms with Gasteiger partial charge in [-0.2, -0.15) is 0 Å². The average Bonchev–Trinajstić information content (AvgIpc) is 3.07. The van der Waals surface area contributed by atoms with Crippen molar-refractivity contribution in [2.75, 3.05) is 0 Å². The Morgan fingerprint density at radius 1 is 0.606 bits per heavy atom. The molecule has 33 heavy (non-hydrogen) atoms. The molecule has 7 heteroatoms. The van der Waals surface area contributed by atoms with Crippen molar-refractivity contribution in [1.82, 2.24) is 19.9 Å². The second kappa shape index (κ2) is 8.17. The number of rotatable bonds is 4. The Morgan fingerprint density at radius 2 is 1.15 bits per heavy atom. The van der Waals surface area contributed by atoms with Crippen molar-refractivity contribution in [2.24, 2.45) is 0 Å². The highest BCUT2D eigenvalue weighted by Crippen LogP contribution is 2.36.